The zero-order valence-electron chi connectivity index (χ0n) is 18.6. The van der Waals surface area contributed by atoms with Crippen molar-refractivity contribution in [2.45, 2.75) is 57.2 Å². The second-order valence-corrected chi connectivity index (χ2v) is 9.72. The minimum Gasteiger partial charge on any atom is -0.357 e. The van der Waals surface area contributed by atoms with E-state index in [0.717, 1.165) is 55.9 Å². The number of carbonyl (C=O) groups excluding carboxylic acids is 1. The first kappa shape index (κ1) is 26.9. The third-order valence-electron chi connectivity index (χ3n) is 5.22. The Morgan fingerprint density at radius 1 is 1.27 bits per heavy atom. The smallest absolute Gasteiger partial charge is 0.253 e. The lowest BCUT2D eigenvalue weighted by Gasteiger charge is -2.30. The molecule has 3 unspecified atom stereocenters. The highest BCUT2D eigenvalue weighted by Gasteiger charge is 2.26. The summed E-state index contributed by atoms with van der Waals surface area (Å²) in [5, 5.41) is 7.16. The Labute approximate surface area is 201 Å². The van der Waals surface area contributed by atoms with Crippen molar-refractivity contribution >= 4 is 46.6 Å². The summed E-state index contributed by atoms with van der Waals surface area (Å²) in [6.45, 7) is 5.50. The van der Waals surface area contributed by atoms with Crippen LogP contribution in [0.15, 0.2) is 29.3 Å². The summed E-state index contributed by atoms with van der Waals surface area (Å²) in [7, 11) is 2.80. The number of aliphatic imine (C=N–C) groups is 1. The van der Waals surface area contributed by atoms with Gasteiger partial charge in [0.2, 0.25) is 0 Å². The molecule has 0 bridgehead atoms. The van der Waals surface area contributed by atoms with Crippen LogP contribution >= 0.6 is 24.0 Å². The van der Waals surface area contributed by atoms with Gasteiger partial charge in [-0.15, -0.1) is 24.0 Å². The van der Waals surface area contributed by atoms with Crippen molar-refractivity contribution in [3.05, 3.63) is 35.4 Å². The lowest BCUT2D eigenvalue weighted by atomic mass is 9.95. The Morgan fingerprint density at radius 2 is 2.03 bits per heavy atom. The number of guanidine groups is 1. The van der Waals surface area contributed by atoms with Crippen molar-refractivity contribution in [1.82, 2.24) is 15.5 Å². The number of halogens is 1. The minimum absolute atomic E-state index is 0. The molecule has 1 saturated carbocycles. The van der Waals surface area contributed by atoms with E-state index in [9.17, 15) is 9.00 Å². The fourth-order valence-corrected chi connectivity index (χ4v) is 5.03. The van der Waals surface area contributed by atoms with Gasteiger partial charge in [-0.2, -0.15) is 0 Å². The molecule has 2 N–H and O–H groups in total. The molecule has 1 aliphatic rings. The quantitative estimate of drug-likeness (QED) is 0.298. The Bertz CT molecular complexity index is 727. The molecule has 2 rings (SSSR count). The van der Waals surface area contributed by atoms with Crippen LogP contribution in [0.2, 0.25) is 0 Å². The van der Waals surface area contributed by atoms with Crippen molar-refractivity contribution in [3.63, 3.8) is 0 Å². The van der Waals surface area contributed by atoms with E-state index in [1.165, 1.54) is 0 Å². The van der Waals surface area contributed by atoms with Gasteiger partial charge >= 0.3 is 0 Å². The summed E-state index contributed by atoms with van der Waals surface area (Å²) in [4.78, 5) is 18.5. The molecular formula is C22H37IN4O2S. The summed E-state index contributed by atoms with van der Waals surface area (Å²) in [5.74, 6) is 1.57. The molecule has 30 heavy (non-hydrogen) atoms. The van der Waals surface area contributed by atoms with Crippen LogP contribution in [-0.4, -0.2) is 65.2 Å². The summed E-state index contributed by atoms with van der Waals surface area (Å²) in [6.07, 6.45) is 4.99. The van der Waals surface area contributed by atoms with Gasteiger partial charge in [0.05, 0.1) is 0 Å². The molecule has 1 aliphatic carbocycles. The van der Waals surface area contributed by atoms with Crippen molar-refractivity contribution < 1.29 is 9.00 Å². The van der Waals surface area contributed by atoms with Gasteiger partial charge in [0, 0.05) is 60.6 Å². The first-order valence-electron chi connectivity index (χ1n) is 10.7. The average Bonchev–Trinajstić information content (AvgIpc) is 2.73. The first-order chi connectivity index (χ1) is 13.9. The Balaban J connectivity index is 0.00000450. The predicted octanol–water partition coefficient (Wildman–Crippen LogP) is 3.18. The molecule has 0 aromatic heterocycles. The second-order valence-electron chi connectivity index (χ2n) is 7.71. The minimum atomic E-state index is -0.724. The van der Waals surface area contributed by atoms with Gasteiger partial charge in [-0.1, -0.05) is 25.5 Å². The topological polar surface area (TPSA) is 73.8 Å². The summed E-state index contributed by atoms with van der Waals surface area (Å²) < 4.78 is 12.2. The largest absolute Gasteiger partial charge is 0.357 e. The van der Waals surface area contributed by atoms with Crippen LogP contribution in [0.3, 0.4) is 0 Å². The van der Waals surface area contributed by atoms with Gasteiger partial charge in [-0.25, -0.2) is 0 Å². The van der Waals surface area contributed by atoms with Gasteiger partial charge in [-0.3, -0.25) is 14.0 Å². The number of rotatable bonds is 8. The van der Waals surface area contributed by atoms with E-state index in [2.05, 4.69) is 17.6 Å². The number of hydrogen-bond acceptors (Lipinski definition) is 3. The number of nitrogens with zero attached hydrogens (tertiary/aromatic N) is 2. The number of hydrogen-bond donors (Lipinski definition) is 2. The van der Waals surface area contributed by atoms with Crippen LogP contribution in [0.5, 0.6) is 0 Å². The van der Waals surface area contributed by atoms with E-state index in [1.807, 2.05) is 31.2 Å². The van der Waals surface area contributed by atoms with E-state index in [-0.39, 0.29) is 29.9 Å². The van der Waals surface area contributed by atoms with Crippen molar-refractivity contribution in [1.29, 1.82) is 0 Å². The number of carbonyl (C=O) groups is 1. The molecule has 1 fully saturated rings. The highest BCUT2D eigenvalue weighted by Crippen LogP contribution is 2.23. The molecule has 0 heterocycles. The maximum Gasteiger partial charge on any atom is 0.253 e. The highest BCUT2D eigenvalue weighted by atomic mass is 127. The molecular weight excluding hydrogens is 511 g/mol. The number of amides is 1. The van der Waals surface area contributed by atoms with Gasteiger partial charge in [0.15, 0.2) is 5.96 Å². The molecule has 3 atom stereocenters. The SMILES string of the molecule is CCNC(=NCCc1cccc(C(=O)N(C)C)c1)NC1CCCC(S(=O)CC)C1.I. The lowest BCUT2D eigenvalue weighted by molar-refractivity contribution is 0.0827. The van der Waals surface area contributed by atoms with Gasteiger partial charge in [-0.05, 0) is 50.3 Å². The van der Waals surface area contributed by atoms with Crippen LogP contribution < -0.4 is 10.6 Å². The summed E-state index contributed by atoms with van der Waals surface area (Å²) in [6, 6.07) is 8.08. The zero-order chi connectivity index (χ0) is 21.2. The molecule has 0 saturated heterocycles. The Morgan fingerprint density at radius 3 is 2.70 bits per heavy atom. The normalized spacial score (nSPS) is 20.1. The van der Waals surface area contributed by atoms with Crippen LogP contribution in [-0.2, 0) is 17.2 Å². The van der Waals surface area contributed by atoms with Crippen LogP contribution in [0.25, 0.3) is 0 Å². The highest BCUT2D eigenvalue weighted by molar-refractivity contribution is 14.0. The summed E-state index contributed by atoms with van der Waals surface area (Å²) in [5.41, 5.74) is 1.81. The molecule has 8 heteroatoms. The summed E-state index contributed by atoms with van der Waals surface area (Å²) >= 11 is 0. The zero-order valence-corrected chi connectivity index (χ0v) is 21.8. The molecule has 1 aromatic rings. The molecule has 1 amide bonds. The third kappa shape index (κ3) is 8.53. The second kappa shape index (κ2) is 14.0. The fourth-order valence-electron chi connectivity index (χ4n) is 3.68. The average molecular weight is 549 g/mol. The molecule has 170 valence electrons. The van der Waals surface area contributed by atoms with E-state index < -0.39 is 10.8 Å². The van der Waals surface area contributed by atoms with Gasteiger partial charge < -0.3 is 15.5 Å². The maximum absolute atomic E-state index is 12.2. The van der Waals surface area contributed by atoms with E-state index in [1.54, 1.807) is 19.0 Å². The lowest BCUT2D eigenvalue weighted by Crippen LogP contribution is -2.46. The monoisotopic (exact) mass is 548 g/mol. The molecule has 0 radical (unpaired) electrons. The van der Waals surface area contributed by atoms with Gasteiger partial charge in [0.25, 0.3) is 5.91 Å². The Kier molecular flexibility index (Phi) is 12.5. The fraction of sp³-hybridized carbons (Fsp3) is 0.636. The number of nitrogens with one attached hydrogen (secondary N) is 2. The Hall–Kier alpha value is -1.16. The molecule has 1 aromatic carbocycles. The molecule has 0 spiro atoms. The van der Waals surface area contributed by atoms with Crippen LogP contribution in [0.4, 0.5) is 0 Å². The van der Waals surface area contributed by atoms with E-state index in [4.69, 9.17) is 4.99 Å². The van der Waals surface area contributed by atoms with Crippen molar-refractivity contribution in [2.24, 2.45) is 4.99 Å². The maximum atomic E-state index is 12.2. The van der Waals surface area contributed by atoms with Crippen molar-refractivity contribution in [3.8, 4) is 0 Å². The molecule has 0 aliphatic heterocycles. The molecule has 6 nitrogen and oxygen atoms in total. The third-order valence-corrected chi connectivity index (χ3v) is 6.96. The van der Waals surface area contributed by atoms with Crippen molar-refractivity contribution in [2.75, 3.05) is 32.9 Å². The van der Waals surface area contributed by atoms with Crippen LogP contribution in [0.1, 0.15) is 55.5 Å². The standard InChI is InChI=1S/C22H36N4O2S.HI/c1-5-23-22(25-19-11-8-12-20(16-19)29(28)6-2)24-14-13-17-9-7-10-18(15-17)21(27)26(3)4;/h7,9-10,15,19-20H,5-6,8,11-14,16H2,1-4H3,(H2,23,24,25);1H. The van der Waals surface area contributed by atoms with Crippen LogP contribution in [0, 0.1) is 0 Å². The number of benzene rings is 1. The van der Waals surface area contributed by atoms with E-state index >= 15 is 0 Å². The van der Waals surface area contributed by atoms with E-state index in [0.29, 0.717) is 23.4 Å². The predicted molar refractivity (Wildman–Crippen MR) is 137 cm³/mol. The van der Waals surface area contributed by atoms with Gasteiger partial charge in [0.1, 0.15) is 0 Å². The first-order valence-corrected chi connectivity index (χ1v) is 12.0.